The summed E-state index contributed by atoms with van der Waals surface area (Å²) in [6.45, 7) is 2.22. The van der Waals surface area contributed by atoms with Crippen LogP contribution in [0, 0.1) is 0 Å². The van der Waals surface area contributed by atoms with Gasteiger partial charge in [0.15, 0.2) is 0 Å². The molecule has 1 aliphatic heterocycles. The predicted molar refractivity (Wildman–Crippen MR) is 57.0 cm³/mol. The van der Waals surface area contributed by atoms with Crippen LogP contribution in [0.25, 0.3) is 0 Å². The second kappa shape index (κ2) is 6.63. The van der Waals surface area contributed by atoms with Gasteiger partial charge in [-0.25, -0.2) is 0 Å². The molecule has 1 fully saturated rings. The van der Waals surface area contributed by atoms with E-state index >= 15 is 0 Å². The van der Waals surface area contributed by atoms with Gasteiger partial charge >= 0.3 is 5.97 Å². The first-order chi connectivity index (χ1) is 6.83. The van der Waals surface area contributed by atoms with Crippen LogP contribution in [0.15, 0.2) is 12.2 Å². The molecule has 2 heteroatoms. The van der Waals surface area contributed by atoms with Crippen molar-refractivity contribution in [2.75, 3.05) is 0 Å². The number of carbonyl (C=O) groups excluding carboxylic acids is 1. The number of rotatable bonds is 7. The summed E-state index contributed by atoms with van der Waals surface area (Å²) in [7, 11) is 0. The molecule has 0 spiro atoms. The molecule has 0 bridgehead atoms. The summed E-state index contributed by atoms with van der Waals surface area (Å²) in [5.41, 5.74) is 0. The maximum atomic E-state index is 10.5. The van der Waals surface area contributed by atoms with E-state index in [1.165, 1.54) is 25.7 Å². The molecule has 1 unspecified atom stereocenters. The summed E-state index contributed by atoms with van der Waals surface area (Å²) in [4.78, 5) is 10.5. The molecule has 80 valence electrons. The van der Waals surface area contributed by atoms with Gasteiger partial charge < -0.3 is 4.74 Å². The van der Waals surface area contributed by atoms with Crippen LogP contribution in [-0.4, -0.2) is 12.1 Å². The third kappa shape index (κ3) is 4.45. The van der Waals surface area contributed by atoms with Gasteiger partial charge in [0.2, 0.25) is 0 Å². The minimum Gasteiger partial charge on any atom is -0.462 e. The molecule has 0 radical (unpaired) electrons. The summed E-state index contributed by atoms with van der Waals surface area (Å²) < 4.78 is 4.91. The molecule has 0 aromatic heterocycles. The Morgan fingerprint density at radius 1 is 1.36 bits per heavy atom. The van der Waals surface area contributed by atoms with Crippen molar-refractivity contribution in [1.29, 1.82) is 0 Å². The first kappa shape index (κ1) is 11.3. The third-order valence-electron chi connectivity index (χ3n) is 2.49. The van der Waals surface area contributed by atoms with Crippen molar-refractivity contribution in [2.45, 2.75) is 58.0 Å². The smallest absolute Gasteiger partial charge is 0.309 e. The first-order valence-corrected chi connectivity index (χ1v) is 5.67. The number of hydrogen-bond donors (Lipinski definition) is 0. The number of esters is 1. The molecule has 0 amide bonds. The maximum Gasteiger partial charge on any atom is 0.309 e. The molecular weight excluding hydrogens is 176 g/mol. The quantitative estimate of drug-likeness (QED) is 0.355. The van der Waals surface area contributed by atoms with E-state index in [9.17, 15) is 4.79 Å². The number of carbonyl (C=O) groups is 1. The number of unbranched alkanes of at least 4 members (excludes halogenated alkanes) is 3. The van der Waals surface area contributed by atoms with Crippen molar-refractivity contribution < 1.29 is 9.53 Å². The Kier molecular flexibility index (Phi) is 5.35. The second-order valence-electron chi connectivity index (χ2n) is 3.86. The molecular formula is C12H20O2. The van der Waals surface area contributed by atoms with E-state index in [0.29, 0.717) is 6.42 Å². The van der Waals surface area contributed by atoms with Crippen molar-refractivity contribution in [2.24, 2.45) is 0 Å². The van der Waals surface area contributed by atoms with Gasteiger partial charge in [-0.1, -0.05) is 31.9 Å². The Balaban J connectivity index is 1.85. The summed E-state index contributed by atoms with van der Waals surface area (Å²) in [5.74, 6) is -0.0399. The van der Waals surface area contributed by atoms with Gasteiger partial charge in [-0.3, -0.25) is 4.79 Å². The lowest BCUT2D eigenvalue weighted by molar-refractivity contribution is -0.169. The Hall–Kier alpha value is -0.790. The minimum atomic E-state index is -0.0399. The lowest BCUT2D eigenvalue weighted by atomic mass is 10.1. The van der Waals surface area contributed by atoms with Crippen LogP contribution < -0.4 is 0 Å². The zero-order valence-corrected chi connectivity index (χ0v) is 9.00. The molecule has 1 saturated heterocycles. The van der Waals surface area contributed by atoms with Crippen LogP contribution in [0.3, 0.4) is 0 Å². The van der Waals surface area contributed by atoms with Gasteiger partial charge in [0.05, 0.1) is 6.42 Å². The fourth-order valence-corrected chi connectivity index (χ4v) is 1.55. The van der Waals surface area contributed by atoms with Crippen LogP contribution in [-0.2, 0) is 9.53 Å². The molecule has 1 heterocycles. The summed E-state index contributed by atoms with van der Waals surface area (Å²) in [5, 5.41) is 0. The standard InChI is InChI=1S/C12H20O2/c1-2-3-4-5-6-7-8-9-11-10-12(13)14-11/h6-7,11H,2-5,8-10H2,1H3/b7-6-. The molecule has 1 atom stereocenters. The fraction of sp³-hybridized carbons (Fsp3) is 0.750. The highest BCUT2D eigenvalue weighted by atomic mass is 16.6. The summed E-state index contributed by atoms with van der Waals surface area (Å²) in [6.07, 6.45) is 12.4. The lowest BCUT2D eigenvalue weighted by Gasteiger charge is -2.24. The molecule has 0 aromatic rings. The monoisotopic (exact) mass is 196 g/mol. The minimum absolute atomic E-state index is 0.0399. The van der Waals surface area contributed by atoms with Gasteiger partial charge in [-0.15, -0.1) is 0 Å². The molecule has 14 heavy (non-hydrogen) atoms. The van der Waals surface area contributed by atoms with Gasteiger partial charge in [0.1, 0.15) is 6.10 Å². The van der Waals surface area contributed by atoms with Crippen molar-refractivity contribution in [3.63, 3.8) is 0 Å². The number of ether oxygens (including phenoxy) is 1. The zero-order valence-electron chi connectivity index (χ0n) is 9.00. The predicted octanol–water partition coefficient (Wildman–Crippen LogP) is 3.22. The SMILES string of the molecule is CCCCC/C=C\CCC1CC(=O)O1. The average molecular weight is 196 g/mol. The largest absolute Gasteiger partial charge is 0.462 e. The van der Waals surface area contributed by atoms with E-state index in [4.69, 9.17) is 4.74 Å². The van der Waals surface area contributed by atoms with E-state index in [-0.39, 0.29) is 12.1 Å². The average Bonchev–Trinajstić information content (AvgIpc) is 2.13. The van der Waals surface area contributed by atoms with E-state index in [1.54, 1.807) is 0 Å². The number of allylic oxidation sites excluding steroid dienone is 2. The third-order valence-corrected chi connectivity index (χ3v) is 2.49. The fourth-order valence-electron chi connectivity index (χ4n) is 1.55. The molecule has 2 nitrogen and oxygen atoms in total. The lowest BCUT2D eigenvalue weighted by Crippen LogP contribution is -2.32. The molecule has 1 rings (SSSR count). The van der Waals surface area contributed by atoms with E-state index in [0.717, 1.165) is 12.8 Å². The van der Waals surface area contributed by atoms with Gasteiger partial charge in [0, 0.05) is 0 Å². The Morgan fingerprint density at radius 3 is 2.71 bits per heavy atom. The van der Waals surface area contributed by atoms with E-state index < -0.39 is 0 Å². The Morgan fingerprint density at radius 2 is 2.07 bits per heavy atom. The molecule has 0 saturated carbocycles. The zero-order chi connectivity index (χ0) is 10.2. The highest BCUT2D eigenvalue weighted by molar-refractivity contribution is 5.75. The highest BCUT2D eigenvalue weighted by Crippen LogP contribution is 2.18. The van der Waals surface area contributed by atoms with Crippen molar-refractivity contribution in [1.82, 2.24) is 0 Å². The molecule has 0 aliphatic carbocycles. The van der Waals surface area contributed by atoms with Gasteiger partial charge in [-0.05, 0) is 25.7 Å². The molecule has 1 aliphatic rings. The van der Waals surface area contributed by atoms with Gasteiger partial charge in [-0.2, -0.15) is 0 Å². The Labute approximate surface area is 86.3 Å². The summed E-state index contributed by atoms with van der Waals surface area (Å²) in [6, 6.07) is 0. The highest BCUT2D eigenvalue weighted by Gasteiger charge is 2.26. The molecule has 0 N–H and O–H groups in total. The van der Waals surface area contributed by atoms with Crippen LogP contribution in [0.2, 0.25) is 0 Å². The van der Waals surface area contributed by atoms with Crippen LogP contribution in [0.1, 0.15) is 51.9 Å². The van der Waals surface area contributed by atoms with Crippen LogP contribution in [0.5, 0.6) is 0 Å². The van der Waals surface area contributed by atoms with E-state index in [2.05, 4.69) is 19.1 Å². The number of cyclic esters (lactones) is 1. The van der Waals surface area contributed by atoms with Crippen molar-refractivity contribution in [3.05, 3.63) is 12.2 Å². The van der Waals surface area contributed by atoms with Crippen molar-refractivity contribution in [3.8, 4) is 0 Å². The Bertz CT molecular complexity index is 188. The van der Waals surface area contributed by atoms with Crippen LogP contribution in [0.4, 0.5) is 0 Å². The second-order valence-corrected chi connectivity index (χ2v) is 3.86. The maximum absolute atomic E-state index is 10.5. The van der Waals surface area contributed by atoms with Crippen LogP contribution >= 0.6 is 0 Å². The first-order valence-electron chi connectivity index (χ1n) is 5.67. The van der Waals surface area contributed by atoms with Gasteiger partial charge in [0.25, 0.3) is 0 Å². The van der Waals surface area contributed by atoms with Crippen molar-refractivity contribution >= 4 is 5.97 Å². The number of hydrogen-bond acceptors (Lipinski definition) is 2. The van der Waals surface area contributed by atoms with E-state index in [1.807, 2.05) is 0 Å². The normalized spacial score (nSPS) is 20.9. The molecule has 0 aromatic carbocycles. The topological polar surface area (TPSA) is 26.3 Å². The summed E-state index contributed by atoms with van der Waals surface area (Å²) >= 11 is 0.